The van der Waals surface area contributed by atoms with Crippen LogP contribution in [0.5, 0.6) is 0 Å². The molecule has 0 aromatic rings. The van der Waals surface area contributed by atoms with Gasteiger partial charge in [-0.15, -0.1) is 4.83 Å². The van der Waals surface area contributed by atoms with Gasteiger partial charge < -0.3 is 10.6 Å². The lowest BCUT2D eigenvalue weighted by atomic mass is 10.3. The van der Waals surface area contributed by atoms with E-state index in [1.54, 1.807) is 5.01 Å². The molecule has 0 radical (unpaired) electrons. The minimum Gasteiger partial charge on any atom is -0.329 e. The number of likely N-dealkylation sites (N-methyl/N-ethyl adjacent to an activating group) is 1. The van der Waals surface area contributed by atoms with Gasteiger partial charge in [0.15, 0.2) is 0 Å². The maximum atomic E-state index is 11.9. The first-order valence-electron chi connectivity index (χ1n) is 5.64. The first kappa shape index (κ1) is 13.9. The lowest BCUT2D eigenvalue weighted by molar-refractivity contribution is 0.134. The molecule has 1 heterocycles. The lowest BCUT2D eigenvalue weighted by Gasteiger charge is -2.33. The summed E-state index contributed by atoms with van der Waals surface area (Å²) in [7, 11) is -1.28. The summed E-state index contributed by atoms with van der Waals surface area (Å²) >= 11 is 0. The minimum atomic E-state index is -3.31. The molecule has 1 atom stereocenters. The van der Waals surface area contributed by atoms with Crippen molar-refractivity contribution in [2.75, 3.05) is 39.8 Å². The number of rotatable bonds is 5. The smallest absolute Gasteiger partial charge is 0.228 e. The predicted octanol–water partition coefficient (Wildman–Crippen LogP) is -1.19. The summed E-state index contributed by atoms with van der Waals surface area (Å²) in [6.07, 6.45) is 0.541. The van der Waals surface area contributed by atoms with Gasteiger partial charge >= 0.3 is 0 Å². The second-order valence-corrected chi connectivity index (χ2v) is 6.13. The summed E-state index contributed by atoms with van der Waals surface area (Å²) in [6.45, 7) is 5.19. The van der Waals surface area contributed by atoms with E-state index in [0.29, 0.717) is 6.42 Å². The number of sulfonamides is 1. The van der Waals surface area contributed by atoms with Crippen molar-refractivity contribution in [2.24, 2.45) is 5.73 Å². The van der Waals surface area contributed by atoms with Crippen molar-refractivity contribution in [1.82, 2.24) is 14.7 Å². The molecule has 0 spiro atoms. The summed E-state index contributed by atoms with van der Waals surface area (Å²) in [6, 6.07) is 0. The van der Waals surface area contributed by atoms with E-state index in [0.717, 1.165) is 26.2 Å². The molecule has 0 aliphatic carbocycles. The molecule has 0 bridgehead atoms. The monoisotopic (exact) mass is 250 g/mol. The van der Waals surface area contributed by atoms with Crippen molar-refractivity contribution in [3.8, 4) is 0 Å². The Morgan fingerprint density at radius 1 is 1.31 bits per heavy atom. The highest BCUT2D eigenvalue weighted by Crippen LogP contribution is 2.05. The highest BCUT2D eigenvalue weighted by atomic mass is 32.2. The number of hydrogen-bond donors (Lipinski definition) is 2. The number of hydrogen-bond acceptors (Lipinski definition) is 5. The Morgan fingerprint density at radius 2 is 1.88 bits per heavy atom. The van der Waals surface area contributed by atoms with Gasteiger partial charge in [0.05, 0.1) is 5.25 Å². The van der Waals surface area contributed by atoms with Crippen LogP contribution in [-0.4, -0.2) is 63.3 Å². The van der Waals surface area contributed by atoms with Crippen molar-refractivity contribution in [3.63, 3.8) is 0 Å². The van der Waals surface area contributed by atoms with Gasteiger partial charge in [-0.05, 0) is 13.5 Å². The number of nitrogens with zero attached hydrogens (tertiary/aromatic N) is 2. The van der Waals surface area contributed by atoms with Crippen molar-refractivity contribution in [3.05, 3.63) is 0 Å². The third-order valence-electron chi connectivity index (χ3n) is 2.92. The fourth-order valence-electron chi connectivity index (χ4n) is 1.66. The normalized spacial score (nSPS) is 22.2. The zero-order chi connectivity index (χ0) is 12.2. The number of nitrogens with two attached hydrogens (primary N) is 1. The molecule has 0 aromatic carbocycles. The minimum absolute atomic E-state index is 0.166. The van der Waals surface area contributed by atoms with Gasteiger partial charge in [-0.1, -0.05) is 6.92 Å². The number of piperazine rings is 1. The van der Waals surface area contributed by atoms with E-state index in [2.05, 4.69) is 9.73 Å². The van der Waals surface area contributed by atoms with Gasteiger partial charge in [-0.3, -0.25) is 0 Å². The molecular formula is C9H22N4O2S. The molecule has 6 nitrogen and oxygen atoms in total. The van der Waals surface area contributed by atoms with Crippen LogP contribution in [0.3, 0.4) is 0 Å². The Bertz CT molecular complexity index is 295. The van der Waals surface area contributed by atoms with Crippen LogP contribution in [0.4, 0.5) is 0 Å². The Labute approximate surface area is 97.8 Å². The van der Waals surface area contributed by atoms with Crippen molar-refractivity contribution in [2.45, 2.75) is 18.6 Å². The van der Waals surface area contributed by atoms with Crippen molar-refractivity contribution in [1.29, 1.82) is 0 Å². The summed E-state index contributed by atoms with van der Waals surface area (Å²) in [5.74, 6) is 0. The molecule has 1 rings (SSSR count). The van der Waals surface area contributed by atoms with Gasteiger partial charge in [0, 0.05) is 32.7 Å². The molecular weight excluding hydrogens is 228 g/mol. The first-order valence-corrected chi connectivity index (χ1v) is 7.19. The first-order chi connectivity index (χ1) is 7.49. The number of hydrazine groups is 1. The average molecular weight is 250 g/mol. The van der Waals surface area contributed by atoms with Crippen LogP contribution >= 0.6 is 0 Å². The fraction of sp³-hybridized carbons (Fsp3) is 1.00. The Hall–Kier alpha value is -0.210. The zero-order valence-electron chi connectivity index (χ0n) is 10.0. The molecule has 16 heavy (non-hydrogen) atoms. The molecule has 0 saturated carbocycles. The second-order valence-electron chi connectivity index (χ2n) is 4.19. The maximum absolute atomic E-state index is 11.9. The fourth-order valence-corrected chi connectivity index (χ4v) is 3.05. The molecule has 1 aliphatic rings. The molecule has 1 fully saturated rings. The molecule has 1 unspecified atom stereocenters. The number of nitrogens with one attached hydrogen (secondary N) is 1. The summed E-state index contributed by atoms with van der Waals surface area (Å²) in [5.41, 5.74) is 5.45. The predicted molar refractivity (Wildman–Crippen MR) is 64.3 cm³/mol. The molecule has 96 valence electrons. The Morgan fingerprint density at radius 3 is 2.31 bits per heavy atom. The third kappa shape index (κ3) is 3.67. The van der Waals surface area contributed by atoms with Crippen LogP contribution in [-0.2, 0) is 10.0 Å². The molecule has 1 saturated heterocycles. The van der Waals surface area contributed by atoms with E-state index in [1.165, 1.54) is 0 Å². The van der Waals surface area contributed by atoms with E-state index in [9.17, 15) is 8.42 Å². The van der Waals surface area contributed by atoms with Gasteiger partial charge in [0.2, 0.25) is 10.0 Å². The molecule has 3 N–H and O–H groups in total. The van der Waals surface area contributed by atoms with Crippen LogP contribution in [0.2, 0.25) is 0 Å². The lowest BCUT2D eigenvalue weighted by Crippen LogP contribution is -2.54. The summed E-state index contributed by atoms with van der Waals surface area (Å²) in [4.78, 5) is 4.79. The SMILES string of the molecule is CCC(CN)S(=O)(=O)NN1CCN(C)CC1. The van der Waals surface area contributed by atoms with Gasteiger partial charge in [-0.25, -0.2) is 13.4 Å². The van der Waals surface area contributed by atoms with E-state index >= 15 is 0 Å². The third-order valence-corrected chi connectivity index (χ3v) is 4.83. The van der Waals surface area contributed by atoms with Crippen LogP contribution in [0.25, 0.3) is 0 Å². The van der Waals surface area contributed by atoms with Crippen LogP contribution in [0.15, 0.2) is 0 Å². The summed E-state index contributed by atoms with van der Waals surface area (Å²) in [5, 5.41) is 1.26. The standard InChI is InChI=1S/C9H22N4O2S/c1-3-9(8-10)16(14,15)11-13-6-4-12(2)5-7-13/h9,11H,3-8,10H2,1-2H3. The van der Waals surface area contributed by atoms with Crippen LogP contribution in [0.1, 0.15) is 13.3 Å². The largest absolute Gasteiger partial charge is 0.329 e. The van der Waals surface area contributed by atoms with Crippen molar-refractivity contribution >= 4 is 10.0 Å². The van der Waals surface area contributed by atoms with Crippen molar-refractivity contribution < 1.29 is 8.42 Å². The van der Waals surface area contributed by atoms with Crippen LogP contribution in [0, 0.1) is 0 Å². The second kappa shape index (κ2) is 5.92. The molecule has 0 aromatic heterocycles. The Balaban J connectivity index is 2.52. The molecule has 1 aliphatic heterocycles. The van der Waals surface area contributed by atoms with E-state index in [4.69, 9.17) is 5.73 Å². The quantitative estimate of drug-likeness (QED) is 0.641. The highest BCUT2D eigenvalue weighted by Gasteiger charge is 2.25. The Kier molecular flexibility index (Phi) is 5.13. The van der Waals surface area contributed by atoms with Gasteiger partial charge in [0.1, 0.15) is 0 Å². The van der Waals surface area contributed by atoms with Crippen LogP contribution < -0.4 is 10.6 Å². The molecule has 7 heteroatoms. The topological polar surface area (TPSA) is 78.7 Å². The molecule has 0 amide bonds. The van der Waals surface area contributed by atoms with Gasteiger partial charge in [0.25, 0.3) is 0 Å². The van der Waals surface area contributed by atoms with E-state index < -0.39 is 15.3 Å². The average Bonchev–Trinajstić information content (AvgIpc) is 2.22. The zero-order valence-corrected chi connectivity index (χ0v) is 10.8. The van der Waals surface area contributed by atoms with Gasteiger partial charge in [-0.2, -0.15) is 0 Å². The summed E-state index contributed by atoms with van der Waals surface area (Å²) < 4.78 is 23.8. The maximum Gasteiger partial charge on any atom is 0.228 e. The van der Waals surface area contributed by atoms with E-state index in [1.807, 2.05) is 14.0 Å². The van der Waals surface area contributed by atoms with E-state index in [-0.39, 0.29) is 6.54 Å². The highest BCUT2D eigenvalue weighted by molar-refractivity contribution is 7.90.